The molecule has 1 aromatic carbocycles. The fourth-order valence-corrected chi connectivity index (χ4v) is 13.0. The molecule has 0 saturated carbocycles. The number of hydrogen-bond donors (Lipinski definition) is 0. The number of carbonyl (C=O) groups excluding carboxylic acids is 3. The number of hydrogen-bond acceptors (Lipinski definition) is 5. The van der Waals surface area contributed by atoms with Crippen LogP contribution in [0.3, 0.4) is 0 Å². The third-order valence-corrected chi connectivity index (χ3v) is 13.3. The molecule has 2 aromatic heterocycles. The molecule has 0 spiro atoms. The number of imide groups is 2. The summed E-state index contributed by atoms with van der Waals surface area (Å²) in [5, 5.41) is 2.65. The second-order valence-electron chi connectivity index (χ2n) is 8.60. The van der Waals surface area contributed by atoms with Gasteiger partial charge in [0.1, 0.15) is 0 Å². The zero-order valence-corrected chi connectivity index (χ0v) is 22.0. The van der Waals surface area contributed by atoms with Crippen LogP contribution < -0.4 is 15.3 Å². The van der Waals surface area contributed by atoms with Crippen LogP contribution in [0.15, 0.2) is 60.3 Å². The van der Waals surface area contributed by atoms with E-state index in [9.17, 15) is 14.4 Å². The Bertz CT molecular complexity index is 1320. The summed E-state index contributed by atoms with van der Waals surface area (Å²) >= 11 is -0.913. The third kappa shape index (κ3) is 3.31. The number of nitrogens with zero attached hydrogens (tertiary/aromatic N) is 4. The first-order valence-electron chi connectivity index (χ1n) is 10.5. The number of rotatable bonds is 2. The van der Waals surface area contributed by atoms with Crippen molar-refractivity contribution in [3.8, 4) is 0 Å². The first kappa shape index (κ1) is 21.8. The van der Waals surface area contributed by atoms with Crippen molar-refractivity contribution in [1.82, 2.24) is 14.8 Å². The minimum atomic E-state index is -2.00. The van der Waals surface area contributed by atoms with Gasteiger partial charge >= 0.3 is 203 Å². The fraction of sp³-hybridized carbons (Fsp3) is 0.167. The van der Waals surface area contributed by atoms with E-state index in [4.69, 9.17) is 0 Å². The maximum atomic E-state index is 12.7. The van der Waals surface area contributed by atoms with Crippen LogP contribution in [-0.4, -0.2) is 75.2 Å². The molecule has 1 fully saturated rings. The van der Waals surface area contributed by atoms with Crippen LogP contribution in [0.5, 0.6) is 0 Å². The zero-order chi connectivity index (χ0) is 23.5. The number of pyridine rings is 1. The normalized spacial score (nSPS) is 17.3. The Labute approximate surface area is 202 Å². The van der Waals surface area contributed by atoms with Gasteiger partial charge in [-0.05, 0) is 0 Å². The van der Waals surface area contributed by atoms with Crippen LogP contribution in [0.2, 0.25) is 13.1 Å². The molecule has 0 atom stereocenters. The average Bonchev–Trinajstić information content (AvgIpc) is 3.25. The summed E-state index contributed by atoms with van der Waals surface area (Å²) in [5.74, 6) is -0.241. The number of likely N-dealkylation sites (N-methyl/N-ethyl adjacent to an activating group) is 2. The molecular formula is C24H22N4O3SiTe. The van der Waals surface area contributed by atoms with Crippen molar-refractivity contribution in [3.05, 3.63) is 63.9 Å². The molecule has 33 heavy (non-hydrogen) atoms. The molecule has 5 rings (SSSR count). The standard InChI is InChI=1S/C24H22N4O3SiTe/c1-26-21(29)16(22(30)27(2)24(26)31)13-15-14-19-23(33-15)28(20-11-7-8-12-25-20)17-9-5-6-10-18(17)32(19,3)4/h5-14H,1-4H3. The molecule has 166 valence electrons. The summed E-state index contributed by atoms with van der Waals surface area (Å²) in [6.45, 7) is 4.68. The first-order chi connectivity index (χ1) is 15.7. The molecule has 2 aliphatic heterocycles. The number of benzene rings is 1. The van der Waals surface area contributed by atoms with Crippen molar-refractivity contribution in [1.29, 1.82) is 0 Å². The number of urea groups is 1. The molecule has 9 heteroatoms. The number of carbonyl (C=O) groups is 3. The van der Waals surface area contributed by atoms with E-state index in [0.717, 1.165) is 24.9 Å². The van der Waals surface area contributed by atoms with E-state index in [-0.39, 0.29) is 5.57 Å². The molecule has 0 unspecified atom stereocenters. The van der Waals surface area contributed by atoms with Gasteiger partial charge in [0.05, 0.1) is 0 Å². The third-order valence-electron chi connectivity index (χ3n) is 6.24. The monoisotopic (exact) mass is 572 g/mol. The second-order valence-corrected chi connectivity index (χ2v) is 16.0. The van der Waals surface area contributed by atoms with Crippen LogP contribution in [0, 0.1) is 0 Å². The van der Waals surface area contributed by atoms with Gasteiger partial charge in [-0.2, -0.15) is 0 Å². The van der Waals surface area contributed by atoms with Crippen molar-refractivity contribution in [2.24, 2.45) is 0 Å². The molecule has 2 aliphatic rings. The molecule has 0 radical (unpaired) electrons. The van der Waals surface area contributed by atoms with Crippen LogP contribution in [0.25, 0.3) is 6.08 Å². The van der Waals surface area contributed by atoms with Crippen LogP contribution in [0.1, 0.15) is 3.58 Å². The Morgan fingerprint density at radius 1 is 0.909 bits per heavy atom. The predicted octanol–water partition coefficient (Wildman–Crippen LogP) is 2.18. The predicted molar refractivity (Wildman–Crippen MR) is 132 cm³/mol. The Balaban J connectivity index is 1.69. The first-order valence-corrected chi connectivity index (χ1v) is 15.8. The van der Waals surface area contributed by atoms with E-state index >= 15 is 0 Å². The number of barbiturate groups is 1. The summed E-state index contributed by atoms with van der Waals surface area (Å²) < 4.78 is 2.27. The second kappa shape index (κ2) is 7.80. The van der Waals surface area contributed by atoms with Crippen LogP contribution in [0.4, 0.5) is 20.0 Å². The summed E-state index contributed by atoms with van der Waals surface area (Å²) in [6, 6.07) is 16.0. The number of fused-ring (bicyclic) bond motifs is 2. The Hall–Kier alpha value is -2.99. The molecule has 4 amide bonds. The van der Waals surface area contributed by atoms with Crippen molar-refractivity contribution in [3.63, 3.8) is 0 Å². The van der Waals surface area contributed by atoms with Gasteiger partial charge in [-0.3, -0.25) is 0 Å². The SMILES string of the molecule is CN1C(=O)C(=Cc2cc3c([te]2)N(c2ccccn2)c2ccccc2[Si]3(C)C)C(=O)N(C)C1=O. The average molecular weight is 570 g/mol. The Morgan fingerprint density at radius 2 is 1.58 bits per heavy atom. The van der Waals surface area contributed by atoms with Crippen LogP contribution >= 0.6 is 0 Å². The summed E-state index contributed by atoms with van der Waals surface area (Å²) in [7, 11) is 0.802. The zero-order valence-electron chi connectivity index (χ0n) is 18.7. The molecule has 3 aromatic rings. The van der Waals surface area contributed by atoms with E-state index in [1.165, 1.54) is 28.2 Å². The van der Waals surface area contributed by atoms with Gasteiger partial charge in [-0.25, -0.2) is 0 Å². The summed E-state index contributed by atoms with van der Waals surface area (Å²) in [4.78, 5) is 46.4. The summed E-state index contributed by atoms with van der Waals surface area (Å²) in [5.41, 5.74) is 1.20. The Morgan fingerprint density at radius 3 is 2.24 bits per heavy atom. The van der Waals surface area contributed by atoms with E-state index in [1.54, 1.807) is 12.3 Å². The van der Waals surface area contributed by atoms with Crippen molar-refractivity contribution < 1.29 is 14.4 Å². The van der Waals surface area contributed by atoms with Gasteiger partial charge in [0.25, 0.3) is 0 Å². The van der Waals surface area contributed by atoms with E-state index in [2.05, 4.69) is 53.3 Å². The number of amides is 4. The van der Waals surface area contributed by atoms with E-state index in [1.807, 2.05) is 18.2 Å². The van der Waals surface area contributed by atoms with Gasteiger partial charge in [0, 0.05) is 0 Å². The number of para-hydroxylation sites is 1. The van der Waals surface area contributed by atoms with E-state index < -0.39 is 46.4 Å². The van der Waals surface area contributed by atoms with Gasteiger partial charge in [0.15, 0.2) is 0 Å². The van der Waals surface area contributed by atoms with Crippen molar-refractivity contribution in [2.45, 2.75) is 13.1 Å². The number of anilines is 3. The molecule has 0 aliphatic carbocycles. The quantitative estimate of drug-likeness (QED) is 0.269. The Kier molecular flexibility index (Phi) is 5.16. The van der Waals surface area contributed by atoms with Gasteiger partial charge in [-0.1, -0.05) is 0 Å². The summed E-state index contributed by atoms with van der Waals surface area (Å²) in [6.07, 6.45) is 3.50. The molecule has 7 nitrogen and oxygen atoms in total. The molecule has 1 saturated heterocycles. The van der Waals surface area contributed by atoms with Crippen LogP contribution in [-0.2, 0) is 9.59 Å². The van der Waals surface area contributed by atoms with Gasteiger partial charge in [-0.15, -0.1) is 0 Å². The van der Waals surface area contributed by atoms with E-state index in [0.29, 0.717) is 0 Å². The minimum absolute atomic E-state index is 0.0390. The topological polar surface area (TPSA) is 73.8 Å². The van der Waals surface area contributed by atoms with Crippen molar-refractivity contribution in [2.75, 3.05) is 19.0 Å². The molecule has 0 N–H and O–H groups in total. The molecule has 0 bridgehead atoms. The molecule has 4 heterocycles. The maximum absolute atomic E-state index is 12.7. The van der Waals surface area contributed by atoms with Gasteiger partial charge < -0.3 is 0 Å². The van der Waals surface area contributed by atoms with Gasteiger partial charge in [0.2, 0.25) is 0 Å². The van der Waals surface area contributed by atoms with Crippen molar-refractivity contribution >= 4 is 78.0 Å². The molecular weight excluding hydrogens is 548 g/mol. The number of aromatic nitrogens is 1. The fourth-order valence-electron chi connectivity index (χ4n) is 4.37.